The van der Waals surface area contributed by atoms with Gasteiger partial charge >= 0.3 is 0 Å². The van der Waals surface area contributed by atoms with Gasteiger partial charge in [-0.1, -0.05) is 0 Å². The van der Waals surface area contributed by atoms with Gasteiger partial charge in [0.05, 0.1) is 5.69 Å². The molecule has 1 aliphatic rings. The molecule has 0 aliphatic carbocycles. The van der Waals surface area contributed by atoms with E-state index in [0.717, 1.165) is 35.9 Å². The highest BCUT2D eigenvalue weighted by atomic mass is 32.1. The van der Waals surface area contributed by atoms with Crippen molar-refractivity contribution in [1.29, 1.82) is 0 Å². The summed E-state index contributed by atoms with van der Waals surface area (Å²) in [4.78, 5) is 4.55. The van der Waals surface area contributed by atoms with Crippen molar-refractivity contribution in [3.63, 3.8) is 0 Å². The molecule has 2 atom stereocenters. The van der Waals surface area contributed by atoms with Crippen molar-refractivity contribution in [2.45, 2.75) is 25.8 Å². The Labute approximate surface area is 134 Å². The highest BCUT2D eigenvalue weighted by Gasteiger charge is 2.21. The first kappa shape index (κ1) is 15.4. The highest BCUT2D eigenvalue weighted by molar-refractivity contribution is 7.14. The van der Waals surface area contributed by atoms with Gasteiger partial charge in [-0.05, 0) is 49.9 Å². The van der Waals surface area contributed by atoms with Gasteiger partial charge in [-0.25, -0.2) is 9.37 Å². The minimum atomic E-state index is -0.220. The molecule has 0 amide bonds. The number of thiazole rings is 1. The van der Waals surface area contributed by atoms with E-state index in [0.29, 0.717) is 12.0 Å². The number of aromatic nitrogens is 1. The highest BCUT2D eigenvalue weighted by Crippen LogP contribution is 2.25. The molecule has 0 spiro atoms. The standard InChI is InChI=1S/C16H21FN4S/c1-11-13(9-19-21-11)3-2-8-18-16-20-15(10-22-16)12-4-6-14(17)7-5-12/h4-7,10-11,13,19,21H,2-3,8-9H2,1H3,(H,18,20). The first-order valence-corrected chi connectivity index (χ1v) is 8.54. The van der Waals surface area contributed by atoms with Gasteiger partial charge in [0.15, 0.2) is 5.13 Å². The first-order valence-electron chi connectivity index (χ1n) is 7.66. The summed E-state index contributed by atoms with van der Waals surface area (Å²) < 4.78 is 12.9. The normalized spacial score (nSPS) is 21.2. The van der Waals surface area contributed by atoms with Crippen molar-refractivity contribution in [2.24, 2.45) is 5.92 Å². The van der Waals surface area contributed by atoms with E-state index in [2.05, 4.69) is 28.1 Å². The predicted octanol–water partition coefficient (Wildman–Crippen LogP) is 3.25. The van der Waals surface area contributed by atoms with Gasteiger partial charge in [-0.15, -0.1) is 11.3 Å². The molecule has 2 unspecified atom stereocenters. The third-order valence-electron chi connectivity index (χ3n) is 4.07. The summed E-state index contributed by atoms with van der Waals surface area (Å²) in [5, 5.41) is 6.31. The van der Waals surface area contributed by atoms with E-state index in [1.807, 2.05) is 5.38 Å². The third kappa shape index (κ3) is 3.82. The van der Waals surface area contributed by atoms with Crippen molar-refractivity contribution in [3.05, 3.63) is 35.5 Å². The molecular formula is C16H21FN4S. The topological polar surface area (TPSA) is 49.0 Å². The molecule has 1 aliphatic heterocycles. The molecule has 0 saturated carbocycles. The van der Waals surface area contributed by atoms with Gasteiger partial charge in [0, 0.05) is 30.1 Å². The maximum Gasteiger partial charge on any atom is 0.183 e. The fourth-order valence-corrected chi connectivity index (χ4v) is 3.41. The second-order valence-electron chi connectivity index (χ2n) is 5.69. The SMILES string of the molecule is CC1NNCC1CCCNc1nc(-c2ccc(F)cc2)cs1. The number of nitrogens with zero attached hydrogens (tertiary/aromatic N) is 1. The van der Waals surface area contributed by atoms with Crippen LogP contribution >= 0.6 is 11.3 Å². The number of benzene rings is 1. The summed E-state index contributed by atoms with van der Waals surface area (Å²) >= 11 is 1.59. The Morgan fingerprint density at radius 2 is 2.18 bits per heavy atom. The molecule has 22 heavy (non-hydrogen) atoms. The number of anilines is 1. The first-order chi connectivity index (χ1) is 10.7. The molecule has 1 aromatic carbocycles. The second kappa shape index (κ2) is 7.17. The van der Waals surface area contributed by atoms with Crippen LogP contribution in [0.2, 0.25) is 0 Å². The summed E-state index contributed by atoms with van der Waals surface area (Å²) in [6.45, 7) is 4.20. The number of hydrogen-bond donors (Lipinski definition) is 3. The second-order valence-corrected chi connectivity index (χ2v) is 6.55. The van der Waals surface area contributed by atoms with Crippen LogP contribution in [0.3, 0.4) is 0 Å². The average molecular weight is 320 g/mol. The lowest BCUT2D eigenvalue weighted by molar-refractivity contribution is 0.452. The van der Waals surface area contributed by atoms with Crippen molar-refractivity contribution in [2.75, 3.05) is 18.4 Å². The number of nitrogens with one attached hydrogen (secondary N) is 3. The fraction of sp³-hybridized carbons (Fsp3) is 0.438. The van der Waals surface area contributed by atoms with E-state index in [4.69, 9.17) is 0 Å². The Morgan fingerprint density at radius 1 is 1.36 bits per heavy atom. The summed E-state index contributed by atoms with van der Waals surface area (Å²) in [7, 11) is 0. The Morgan fingerprint density at radius 3 is 2.91 bits per heavy atom. The molecule has 3 rings (SSSR count). The van der Waals surface area contributed by atoms with E-state index in [1.54, 1.807) is 23.5 Å². The number of hydrogen-bond acceptors (Lipinski definition) is 5. The molecule has 0 radical (unpaired) electrons. The zero-order chi connectivity index (χ0) is 15.4. The van der Waals surface area contributed by atoms with Crippen LogP contribution in [0.15, 0.2) is 29.6 Å². The van der Waals surface area contributed by atoms with Gasteiger partial charge in [0.1, 0.15) is 5.82 Å². The predicted molar refractivity (Wildman–Crippen MR) is 89.3 cm³/mol. The molecule has 2 aromatic rings. The average Bonchev–Trinajstić information content (AvgIpc) is 3.14. The lowest BCUT2D eigenvalue weighted by Crippen LogP contribution is -2.28. The summed E-state index contributed by atoms with van der Waals surface area (Å²) in [6.07, 6.45) is 2.33. The van der Waals surface area contributed by atoms with Crippen LogP contribution < -0.4 is 16.2 Å². The molecule has 4 nitrogen and oxygen atoms in total. The van der Waals surface area contributed by atoms with Crippen molar-refractivity contribution < 1.29 is 4.39 Å². The molecule has 1 aromatic heterocycles. The zero-order valence-corrected chi connectivity index (χ0v) is 13.4. The Balaban J connectivity index is 1.46. The van der Waals surface area contributed by atoms with Gasteiger partial charge in [-0.2, -0.15) is 0 Å². The number of hydrazine groups is 1. The van der Waals surface area contributed by atoms with Gasteiger partial charge in [-0.3, -0.25) is 10.9 Å². The molecule has 1 saturated heterocycles. The minimum absolute atomic E-state index is 0.220. The zero-order valence-electron chi connectivity index (χ0n) is 12.6. The third-order valence-corrected chi connectivity index (χ3v) is 4.87. The van der Waals surface area contributed by atoms with E-state index < -0.39 is 0 Å². The summed E-state index contributed by atoms with van der Waals surface area (Å²) in [5.41, 5.74) is 8.29. The fourth-order valence-electron chi connectivity index (χ4n) is 2.67. The maximum atomic E-state index is 12.9. The lowest BCUT2D eigenvalue weighted by Gasteiger charge is -2.13. The van der Waals surface area contributed by atoms with E-state index in [-0.39, 0.29) is 5.82 Å². The number of rotatable bonds is 6. The Kier molecular flexibility index (Phi) is 5.02. The number of halogens is 1. The monoisotopic (exact) mass is 320 g/mol. The molecule has 0 bridgehead atoms. The summed E-state index contributed by atoms with van der Waals surface area (Å²) in [5.74, 6) is 0.482. The lowest BCUT2D eigenvalue weighted by atomic mass is 9.98. The Bertz CT molecular complexity index is 598. The molecule has 1 fully saturated rings. The van der Waals surface area contributed by atoms with Crippen LogP contribution in [0.25, 0.3) is 11.3 Å². The molecular weight excluding hydrogens is 299 g/mol. The van der Waals surface area contributed by atoms with Gasteiger partial charge in [0.25, 0.3) is 0 Å². The molecule has 118 valence electrons. The Hall–Kier alpha value is -1.50. The molecule has 3 N–H and O–H groups in total. The molecule has 2 heterocycles. The van der Waals surface area contributed by atoms with Gasteiger partial charge < -0.3 is 5.32 Å². The van der Waals surface area contributed by atoms with Crippen molar-refractivity contribution in [1.82, 2.24) is 15.8 Å². The molecule has 6 heteroatoms. The quantitative estimate of drug-likeness (QED) is 0.715. The van der Waals surface area contributed by atoms with Crippen LogP contribution in [-0.2, 0) is 0 Å². The van der Waals surface area contributed by atoms with Crippen molar-refractivity contribution in [3.8, 4) is 11.3 Å². The maximum absolute atomic E-state index is 12.9. The van der Waals surface area contributed by atoms with Gasteiger partial charge in [0.2, 0.25) is 0 Å². The smallest absolute Gasteiger partial charge is 0.183 e. The van der Waals surface area contributed by atoms with Crippen LogP contribution in [0.1, 0.15) is 19.8 Å². The van der Waals surface area contributed by atoms with Crippen LogP contribution in [0.5, 0.6) is 0 Å². The van der Waals surface area contributed by atoms with Crippen LogP contribution in [-0.4, -0.2) is 24.1 Å². The summed E-state index contributed by atoms with van der Waals surface area (Å²) in [6, 6.07) is 7.00. The van der Waals surface area contributed by atoms with Crippen LogP contribution in [0.4, 0.5) is 9.52 Å². The van der Waals surface area contributed by atoms with E-state index in [9.17, 15) is 4.39 Å². The van der Waals surface area contributed by atoms with Crippen molar-refractivity contribution >= 4 is 16.5 Å². The van der Waals surface area contributed by atoms with Crippen LogP contribution in [0, 0.1) is 11.7 Å². The minimum Gasteiger partial charge on any atom is -0.362 e. The van der Waals surface area contributed by atoms with E-state index in [1.165, 1.54) is 18.6 Å². The largest absolute Gasteiger partial charge is 0.362 e. The van der Waals surface area contributed by atoms with E-state index >= 15 is 0 Å².